The molecule has 1 aliphatic heterocycles. The number of benzene rings is 2. The number of anilines is 1. The standard InChI is InChI=1S/C21H18Cl2N4O3/c1-30-20(28)12-5-7-13(8-6-12)26-21(29)27-10-9-16-18(25-11-24-16)19(27)14-3-2-4-15(22)17(14)23/h2-8,11,19H,9-10H2,1H3,(H,24,25)(H,26,29). The lowest BCUT2D eigenvalue weighted by molar-refractivity contribution is 0.0600. The number of esters is 1. The first-order valence-corrected chi connectivity index (χ1v) is 9.97. The second-order valence-electron chi connectivity index (χ2n) is 6.75. The summed E-state index contributed by atoms with van der Waals surface area (Å²) in [5.74, 6) is -0.439. The Morgan fingerprint density at radius 1 is 1.20 bits per heavy atom. The van der Waals surface area contributed by atoms with Gasteiger partial charge in [0.2, 0.25) is 0 Å². The van der Waals surface area contributed by atoms with Crippen LogP contribution in [0.4, 0.5) is 10.5 Å². The second-order valence-corrected chi connectivity index (χ2v) is 7.54. The molecule has 2 amide bonds. The van der Waals surface area contributed by atoms with Gasteiger partial charge in [-0.25, -0.2) is 14.6 Å². The molecule has 0 fully saturated rings. The van der Waals surface area contributed by atoms with Gasteiger partial charge < -0.3 is 19.9 Å². The Hall–Kier alpha value is -3.03. The van der Waals surface area contributed by atoms with Gasteiger partial charge in [0.1, 0.15) is 6.04 Å². The number of hydrogen-bond donors (Lipinski definition) is 2. The number of aromatic nitrogens is 2. The van der Waals surface area contributed by atoms with Gasteiger partial charge in [-0.2, -0.15) is 0 Å². The predicted octanol–water partition coefficient (Wildman–Crippen LogP) is 4.68. The van der Waals surface area contributed by atoms with E-state index in [1.165, 1.54) is 7.11 Å². The summed E-state index contributed by atoms with van der Waals surface area (Å²) in [4.78, 5) is 34.0. The molecule has 0 saturated heterocycles. The van der Waals surface area contributed by atoms with Crippen LogP contribution in [0.3, 0.4) is 0 Å². The highest BCUT2D eigenvalue weighted by atomic mass is 35.5. The summed E-state index contributed by atoms with van der Waals surface area (Å²) in [6.45, 7) is 0.467. The third-order valence-electron chi connectivity index (χ3n) is 5.02. The summed E-state index contributed by atoms with van der Waals surface area (Å²) >= 11 is 12.7. The molecule has 2 N–H and O–H groups in total. The molecule has 1 unspecified atom stereocenters. The molecule has 4 rings (SSSR count). The minimum atomic E-state index is -0.486. The third-order valence-corrected chi connectivity index (χ3v) is 5.85. The van der Waals surface area contributed by atoms with E-state index in [0.717, 1.165) is 11.4 Å². The fourth-order valence-electron chi connectivity index (χ4n) is 3.54. The maximum atomic E-state index is 13.2. The number of rotatable bonds is 3. The van der Waals surface area contributed by atoms with Crippen molar-refractivity contribution >= 4 is 40.9 Å². The van der Waals surface area contributed by atoms with Crippen LogP contribution in [0, 0.1) is 0 Å². The zero-order valence-electron chi connectivity index (χ0n) is 16.0. The summed E-state index contributed by atoms with van der Waals surface area (Å²) in [6, 6.07) is 11.0. The Bertz CT molecular complexity index is 1100. The number of H-pyrrole nitrogens is 1. The SMILES string of the molecule is COC(=O)c1ccc(NC(=O)N2CCc3[nH]cnc3C2c2cccc(Cl)c2Cl)cc1. The molecule has 0 radical (unpaired) electrons. The predicted molar refractivity (Wildman–Crippen MR) is 114 cm³/mol. The van der Waals surface area contributed by atoms with Gasteiger partial charge in [0.25, 0.3) is 0 Å². The first kappa shape index (κ1) is 20.3. The molecule has 1 atom stereocenters. The highest BCUT2D eigenvalue weighted by molar-refractivity contribution is 6.42. The molecule has 0 spiro atoms. The van der Waals surface area contributed by atoms with E-state index in [9.17, 15) is 9.59 Å². The van der Waals surface area contributed by atoms with Crippen LogP contribution in [0.5, 0.6) is 0 Å². The van der Waals surface area contributed by atoms with Crippen molar-refractivity contribution in [3.8, 4) is 0 Å². The topological polar surface area (TPSA) is 87.3 Å². The molecule has 30 heavy (non-hydrogen) atoms. The first-order chi connectivity index (χ1) is 14.5. The zero-order chi connectivity index (χ0) is 21.3. The van der Waals surface area contributed by atoms with E-state index in [-0.39, 0.29) is 6.03 Å². The number of urea groups is 1. The van der Waals surface area contributed by atoms with E-state index in [0.29, 0.717) is 39.8 Å². The fourth-order valence-corrected chi connectivity index (χ4v) is 3.96. The van der Waals surface area contributed by atoms with Gasteiger partial charge in [0, 0.05) is 29.9 Å². The number of nitrogens with zero attached hydrogens (tertiary/aromatic N) is 2. The quantitative estimate of drug-likeness (QED) is 0.573. The van der Waals surface area contributed by atoms with Crippen LogP contribution < -0.4 is 5.32 Å². The van der Waals surface area contributed by atoms with Gasteiger partial charge in [-0.05, 0) is 30.3 Å². The lowest BCUT2D eigenvalue weighted by atomic mass is 9.96. The molecule has 9 heteroatoms. The Morgan fingerprint density at radius 2 is 1.97 bits per heavy atom. The summed E-state index contributed by atoms with van der Waals surface area (Å²) in [6.07, 6.45) is 2.25. The van der Waals surface area contributed by atoms with E-state index in [2.05, 4.69) is 15.3 Å². The zero-order valence-corrected chi connectivity index (χ0v) is 17.5. The number of carbonyl (C=O) groups is 2. The molecule has 7 nitrogen and oxygen atoms in total. The Morgan fingerprint density at radius 3 is 2.70 bits per heavy atom. The van der Waals surface area contributed by atoms with Gasteiger partial charge in [-0.1, -0.05) is 35.3 Å². The van der Waals surface area contributed by atoms with Crippen LogP contribution in [0.2, 0.25) is 10.0 Å². The van der Waals surface area contributed by atoms with Crippen LogP contribution >= 0.6 is 23.2 Å². The number of imidazole rings is 1. The maximum Gasteiger partial charge on any atom is 0.337 e. The normalized spacial score (nSPS) is 15.4. The minimum Gasteiger partial charge on any atom is -0.465 e. The van der Waals surface area contributed by atoms with E-state index >= 15 is 0 Å². The van der Waals surface area contributed by atoms with E-state index in [1.54, 1.807) is 47.6 Å². The summed E-state index contributed by atoms with van der Waals surface area (Å²) < 4.78 is 4.69. The Kier molecular flexibility index (Phi) is 5.65. The highest BCUT2D eigenvalue weighted by Crippen LogP contribution is 2.39. The minimum absolute atomic E-state index is 0.310. The molecule has 154 valence electrons. The van der Waals surface area contributed by atoms with Crippen molar-refractivity contribution in [3.05, 3.63) is 81.4 Å². The van der Waals surface area contributed by atoms with Gasteiger partial charge >= 0.3 is 12.0 Å². The van der Waals surface area contributed by atoms with Crippen LogP contribution in [-0.2, 0) is 11.2 Å². The van der Waals surface area contributed by atoms with Gasteiger partial charge in [0.05, 0.1) is 34.7 Å². The maximum absolute atomic E-state index is 13.2. The first-order valence-electron chi connectivity index (χ1n) is 9.21. The van der Waals surface area contributed by atoms with Crippen molar-refractivity contribution in [2.45, 2.75) is 12.5 Å². The van der Waals surface area contributed by atoms with Crippen molar-refractivity contribution in [2.75, 3.05) is 19.0 Å². The van der Waals surface area contributed by atoms with Crippen molar-refractivity contribution in [2.24, 2.45) is 0 Å². The van der Waals surface area contributed by atoms with Crippen LogP contribution in [0.1, 0.15) is 33.4 Å². The summed E-state index contributed by atoms with van der Waals surface area (Å²) in [5.41, 5.74) is 3.35. The molecule has 3 aromatic rings. The monoisotopic (exact) mass is 444 g/mol. The number of methoxy groups -OCH3 is 1. The average Bonchev–Trinajstić information content (AvgIpc) is 3.24. The molecule has 0 bridgehead atoms. The Labute approximate surface area is 183 Å². The highest BCUT2D eigenvalue weighted by Gasteiger charge is 2.35. The number of fused-ring (bicyclic) bond motifs is 1. The second kappa shape index (κ2) is 8.38. The number of aromatic amines is 1. The van der Waals surface area contributed by atoms with E-state index in [1.807, 2.05) is 6.07 Å². The molecule has 2 heterocycles. The average molecular weight is 445 g/mol. The smallest absolute Gasteiger partial charge is 0.337 e. The van der Waals surface area contributed by atoms with E-state index in [4.69, 9.17) is 27.9 Å². The number of nitrogens with one attached hydrogen (secondary N) is 2. The number of hydrogen-bond acceptors (Lipinski definition) is 4. The number of carbonyl (C=O) groups excluding carboxylic acids is 2. The molecule has 2 aromatic carbocycles. The lowest BCUT2D eigenvalue weighted by Crippen LogP contribution is -2.43. The molecule has 1 aromatic heterocycles. The van der Waals surface area contributed by atoms with Crippen LogP contribution in [0.15, 0.2) is 48.8 Å². The number of halogens is 2. The molecule has 1 aliphatic rings. The fraction of sp³-hybridized carbons (Fsp3) is 0.190. The van der Waals surface area contributed by atoms with Crippen molar-refractivity contribution in [1.82, 2.24) is 14.9 Å². The Balaban J connectivity index is 1.64. The van der Waals surface area contributed by atoms with Crippen molar-refractivity contribution in [1.29, 1.82) is 0 Å². The van der Waals surface area contributed by atoms with Gasteiger partial charge in [-0.3, -0.25) is 0 Å². The van der Waals surface area contributed by atoms with Crippen LogP contribution in [-0.4, -0.2) is 40.5 Å². The molecule has 0 saturated carbocycles. The van der Waals surface area contributed by atoms with E-state index < -0.39 is 12.0 Å². The summed E-state index contributed by atoms with van der Waals surface area (Å²) in [7, 11) is 1.32. The number of ether oxygens (including phenoxy) is 1. The lowest BCUT2D eigenvalue weighted by Gasteiger charge is -2.35. The third kappa shape index (κ3) is 3.74. The van der Waals surface area contributed by atoms with Crippen LogP contribution in [0.25, 0.3) is 0 Å². The summed E-state index contributed by atoms with van der Waals surface area (Å²) in [5, 5.41) is 3.68. The number of amides is 2. The van der Waals surface area contributed by atoms with Crippen molar-refractivity contribution in [3.63, 3.8) is 0 Å². The van der Waals surface area contributed by atoms with Gasteiger partial charge in [-0.15, -0.1) is 0 Å². The molecular weight excluding hydrogens is 427 g/mol. The van der Waals surface area contributed by atoms with Crippen molar-refractivity contribution < 1.29 is 14.3 Å². The molecule has 0 aliphatic carbocycles. The largest absolute Gasteiger partial charge is 0.465 e. The van der Waals surface area contributed by atoms with Gasteiger partial charge in [0.15, 0.2) is 0 Å². The molecular formula is C21H18Cl2N4O3.